The second-order valence-corrected chi connectivity index (χ2v) is 9.20. The van der Waals surface area contributed by atoms with Gasteiger partial charge < -0.3 is 0 Å². The quantitative estimate of drug-likeness (QED) is 0.185. The fourth-order valence-electron chi connectivity index (χ4n) is 4.41. The SMILES string of the molecule is C[C@@H]1C=CC[C@@H]2C(=O)N(N(CC(=O)c3ccc(Cl)cc3Cl)C(=O)c3ccc([N+](=O)[O-])cc3)C(=O)[C@H]12. The minimum absolute atomic E-state index is 0.0350. The zero-order valence-corrected chi connectivity index (χ0v) is 19.9. The molecule has 11 heteroatoms. The third kappa shape index (κ3) is 4.56. The highest BCUT2D eigenvalue weighted by Crippen LogP contribution is 2.39. The summed E-state index contributed by atoms with van der Waals surface area (Å²) in [6, 6.07) is 8.88. The Labute approximate surface area is 210 Å². The molecule has 9 nitrogen and oxygen atoms in total. The van der Waals surface area contributed by atoms with E-state index in [1.807, 2.05) is 19.1 Å². The van der Waals surface area contributed by atoms with Gasteiger partial charge in [0, 0.05) is 28.3 Å². The first-order valence-electron chi connectivity index (χ1n) is 10.7. The number of fused-ring (bicyclic) bond motifs is 1. The predicted octanol–water partition coefficient (Wildman–Crippen LogP) is 4.34. The molecule has 0 spiro atoms. The van der Waals surface area contributed by atoms with Crippen LogP contribution >= 0.6 is 23.2 Å². The zero-order valence-electron chi connectivity index (χ0n) is 18.4. The first-order valence-corrected chi connectivity index (χ1v) is 11.4. The summed E-state index contributed by atoms with van der Waals surface area (Å²) in [6.45, 7) is 1.15. The number of nitro groups is 1. The minimum atomic E-state index is -0.834. The Bertz CT molecular complexity index is 1280. The van der Waals surface area contributed by atoms with Crippen molar-refractivity contribution in [2.45, 2.75) is 13.3 Å². The number of benzene rings is 2. The molecule has 1 aliphatic carbocycles. The number of nitro benzene ring substituents is 1. The van der Waals surface area contributed by atoms with Crippen molar-refractivity contribution < 1.29 is 24.1 Å². The Morgan fingerprint density at radius 3 is 2.40 bits per heavy atom. The lowest BCUT2D eigenvalue weighted by Crippen LogP contribution is -2.52. The highest BCUT2D eigenvalue weighted by atomic mass is 35.5. The van der Waals surface area contributed by atoms with Crippen molar-refractivity contribution in [3.63, 3.8) is 0 Å². The molecule has 0 N–H and O–H groups in total. The van der Waals surface area contributed by atoms with Crippen LogP contribution in [-0.4, -0.2) is 45.0 Å². The van der Waals surface area contributed by atoms with E-state index in [0.717, 1.165) is 22.2 Å². The van der Waals surface area contributed by atoms with Crippen molar-refractivity contribution in [2.75, 3.05) is 6.54 Å². The molecular weight excluding hydrogens is 497 g/mol. The van der Waals surface area contributed by atoms with Gasteiger partial charge in [-0.05, 0) is 42.7 Å². The van der Waals surface area contributed by atoms with Crippen LogP contribution in [0.2, 0.25) is 10.0 Å². The third-order valence-electron chi connectivity index (χ3n) is 6.18. The Morgan fingerprint density at radius 1 is 1.11 bits per heavy atom. The Hall–Kier alpha value is -3.56. The van der Waals surface area contributed by atoms with E-state index in [9.17, 15) is 29.3 Å². The highest BCUT2D eigenvalue weighted by Gasteiger charge is 2.53. The number of amides is 3. The van der Waals surface area contributed by atoms with Gasteiger partial charge in [-0.25, -0.2) is 5.01 Å². The molecule has 0 aromatic heterocycles. The third-order valence-corrected chi connectivity index (χ3v) is 6.72. The molecule has 180 valence electrons. The van der Waals surface area contributed by atoms with Crippen molar-refractivity contribution in [3.05, 3.63) is 85.9 Å². The number of allylic oxidation sites excluding steroid dienone is 2. The van der Waals surface area contributed by atoms with Crippen LogP contribution in [0.25, 0.3) is 0 Å². The van der Waals surface area contributed by atoms with E-state index in [2.05, 4.69) is 0 Å². The zero-order chi connectivity index (χ0) is 25.4. The number of halogens is 2. The Kier molecular flexibility index (Phi) is 6.73. The highest BCUT2D eigenvalue weighted by molar-refractivity contribution is 6.37. The van der Waals surface area contributed by atoms with E-state index in [1.54, 1.807) is 0 Å². The topological polar surface area (TPSA) is 118 Å². The van der Waals surface area contributed by atoms with Crippen LogP contribution in [0.4, 0.5) is 5.69 Å². The number of Topliss-reactive ketones (excluding diaryl/α,β-unsaturated/α-hetero) is 1. The first-order chi connectivity index (χ1) is 16.6. The van der Waals surface area contributed by atoms with Gasteiger partial charge in [0.15, 0.2) is 5.78 Å². The summed E-state index contributed by atoms with van der Waals surface area (Å²) in [5.41, 5.74) is -0.215. The van der Waals surface area contributed by atoms with Crippen molar-refractivity contribution in [1.29, 1.82) is 0 Å². The van der Waals surface area contributed by atoms with E-state index in [-0.39, 0.29) is 27.8 Å². The molecule has 2 aromatic carbocycles. The van der Waals surface area contributed by atoms with Gasteiger partial charge in [-0.3, -0.25) is 29.3 Å². The average molecular weight is 516 g/mol. The van der Waals surface area contributed by atoms with Crippen LogP contribution < -0.4 is 0 Å². The fraction of sp³-hybridized carbons (Fsp3) is 0.250. The molecule has 0 saturated carbocycles. The lowest BCUT2D eigenvalue weighted by Gasteiger charge is -2.30. The summed E-state index contributed by atoms with van der Waals surface area (Å²) >= 11 is 12.1. The van der Waals surface area contributed by atoms with Gasteiger partial charge in [0.1, 0.15) is 6.54 Å². The number of ketones is 1. The fourth-order valence-corrected chi connectivity index (χ4v) is 4.93. The molecular formula is C24H19Cl2N3O6. The molecule has 1 fully saturated rings. The molecule has 35 heavy (non-hydrogen) atoms. The number of hydrazine groups is 1. The maximum Gasteiger partial charge on any atom is 0.273 e. The molecule has 2 aromatic rings. The van der Waals surface area contributed by atoms with Crippen LogP contribution in [-0.2, 0) is 9.59 Å². The van der Waals surface area contributed by atoms with E-state index in [0.29, 0.717) is 11.4 Å². The van der Waals surface area contributed by atoms with Crippen molar-refractivity contribution in [2.24, 2.45) is 17.8 Å². The smallest absolute Gasteiger partial charge is 0.273 e. The molecule has 0 radical (unpaired) electrons. The molecule has 0 bridgehead atoms. The Morgan fingerprint density at radius 2 is 1.80 bits per heavy atom. The Balaban J connectivity index is 1.72. The van der Waals surface area contributed by atoms with E-state index < -0.39 is 46.8 Å². The van der Waals surface area contributed by atoms with Crippen molar-refractivity contribution >= 4 is 52.4 Å². The number of hydrogen-bond acceptors (Lipinski definition) is 6. The number of non-ortho nitro benzene ring substituents is 1. The van der Waals surface area contributed by atoms with Gasteiger partial charge in [0.25, 0.3) is 23.4 Å². The van der Waals surface area contributed by atoms with Gasteiger partial charge >= 0.3 is 0 Å². The van der Waals surface area contributed by atoms with Crippen molar-refractivity contribution in [1.82, 2.24) is 10.0 Å². The second-order valence-electron chi connectivity index (χ2n) is 8.36. The van der Waals surface area contributed by atoms with E-state index in [4.69, 9.17) is 23.2 Å². The predicted molar refractivity (Wildman–Crippen MR) is 127 cm³/mol. The standard InChI is InChI=1S/C24H19Cl2N3O6/c1-13-3-2-4-18-21(13)24(33)28(23(18)32)27(12-20(30)17-10-7-15(25)11-19(17)26)22(31)14-5-8-16(9-6-14)29(34)35/h2-3,5-11,13,18,21H,4,12H2,1H3/t13-,18+,21-/m1/s1. The largest absolute Gasteiger partial charge is 0.292 e. The summed E-state index contributed by atoms with van der Waals surface area (Å²) in [6.07, 6.45) is 4.01. The number of rotatable bonds is 6. The number of carbonyl (C=O) groups excluding carboxylic acids is 4. The molecule has 4 rings (SSSR count). The summed E-state index contributed by atoms with van der Waals surface area (Å²) in [5.74, 6) is -4.16. The van der Waals surface area contributed by atoms with Gasteiger partial charge in [-0.2, -0.15) is 5.01 Å². The first kappa shape index (κ1) is 24.6. The maximum absolute atomic E-state index is 13.5. The van der Waals surface area contributed by atoms with Gasteiger partial charge in [0.05, 0.1) is 21.8 Å². The molecule has 1 heterocycles. The van der Waals surface area contributed by atoms with E-state index >= 15 is 0 Å². The monoisotopic (exact) mass is 515 g/mol. The van der Waals surface area contributed by atoms with Crippen molar-refractivity contribution in [3.8, 4) is 0 Å². The molecule has 2 aliphatic rings. The molecule has 1 aliphatic heterocycles. The molecule has 3 atom stereocenters. The van der Waals surface area contributed by atoms with Gasteiger partial charge in [0.2, 0.25) is 0 Å². The molecule has 3 amide bonds. The minimum Gasteiger partial charge on any atom is -0.292 e. The normalized spacial score (nSPS) is 21.1. The lowest BCUT2D eigenvalue weighted by atomic mass is 9.78. The summed E-state index contributed by atoms with van der Waals surface area (Å²) in [4.78, 5) is 63.6. The molecule has 1 saturated heterocycles. The van der Waals surface area contributed by atoms with Crippen LogP contribution in [0.1, 0.15) is 34.1 Å². The second kappa shape index (κ2) is 9.59. The van der Waals surface area contributed by atoms with Crippen LogP contribution in [0.3, 0.4) is 0 Å². The van der Waals surface area contributed by atoms with Crippen LogP contribution in [0, 0.1) is 27.9 Å². The molecule has 0 unspecified atom stereocenters. The van der Waals surface area contributed by atoms with Gasteiger partial charge in [-0.1, -0.05) is 42.3 Å². The number of nitrogens with zero attached hydrogens (tertiary/aromatic N) is 3. The number of hydrogen-bond donors (Lipinski definition) is 0. The van der Waals surface area contributed by atoms with E-state index in [1.165, 1.54) is 30.3 Å². The summed E-state index contributed by atoms with van der Waals surface area (Å²) < 4.78 is 0. The van der Waals surface area contributed by atoms with Crippen LogP contribution in [0.15, 0.2) is 54.6 Å². The number of carbonyl (C=O) groups is 4. The lowest BCUT2D eigenvalue weighted by molar-refractivity contribution is -0.384. The summed E-state index contributed by atoms with van der Waals surface area (Å²) in [7, 11) is 0. The van der Waals surface area contributed by atoms with Crippen LogP contribution in [0.5, 0.6) is 0 Å². The van der Waals surface area contributed by atoms with Gasteiger partial charge in [-0.15, -0.1) is 0 Å². The average Bonchev–Trinajstić information content (AvgIpc) is 3.07. The maximum atomic E-state index is 13.5. The number of imide groups is 1. The summed E-state index contributed by atoms with van der Waals surface area (Å²) in [5, 5.41) is 12.9.